The highest BCUT2D eigenvalue weighted by Gasteiger charge is 2.36. The summed E-state index contributed by atoms with van der Waals surface area (Å²) >= 11 is 0. The molecule has 0 aliphatic carbocycles. The SMILES string of the molecule is CCOC(=O)c1cccc(-c2ccc(Nc3cc4nc(C(C)(O)C5CCN(C)CC5)ccc4cn3)c(F)c2)c1. The molecule has 2 aromatic heterocycles. The van der Waals surface area contributed by atoms with E-state index in [0.717, 1.165) is 31.3 Å². The Morgan fingerprint density at radius 1 is 1.13 bits per heavy atom. The van der Waals surface area contributed by atoms with E-state index in [1.165, 1.54) is 6.07 Å². The highest BCUT2D eigenvalue weighted by Crippen LogP contribution is 2.36. The third-order valence-corrected chi connectivity index (χ3v) is 7.54. The van der Waals surface area contributed by atoms with Crippen molar-refractivity contribution in [3.8, 4) is 11.1 Å². The molecule has 2 aromatic carbocycles. The van der Waals surface area contributed by atoms with Gasteiger partial charge in [0.05, 0.1) is 29.1 Å². The first-order valence-corrected chi connectivity index (χ1v) is 13.3. The number of nitrogens with zero attached hydrogens (tertiary/aromatic N) is 3. The van der Waals surface area contributed by atoms with Gasteiger partial charge in [-0.05, 0) is 100 Å². The van der Waals surface area contributed by atoms with Gasteiger partial charge in [-0.25, -0.2) is 19.2 Å². The highest BCUT2D eigenvalue weighted by atomic mass is 19.1. The Morgan fingerprint density at radius 2 is 1.90 bits per heavy atom. The minimum atomic E-state index is -1.04. The summed E-state index contributed by atoms with van der Waals surface area (Å²) in [5, 5.41) is 15.3. The Hall–Kier alpha value is -3.88. The topological polar surface area (TPSA) is 87.6 Å². The van der Waals surface area contributed by atoms with Crippen LogP contribution in [0.4, 0.5) is 15.9 Å². The number of piperidine rings is 1. The van der Waals surface area contributed by atoms with Crippen molar-refractivity contribution in [3.05, 3.63) is 83.9 Å². The number of esters is 1. The molecule has 5 rings (SSSR count). The van der Waals surface area contributed by atoms with Crippen LogP contribution in [0.5, 0.6) is 0 Å². The van der Waals surface area contributed by atoms with Gasteiger partial charge in [-0.2, -0.15) is 0 Å². The summed E-state index contributed by atoms with van der Waals surface area (Å²) in [4.78, 5) is 23.6. The van der Waals surface area contributed by atoms with Gasteiger partial charge in [0, 0.05) is 17.6 Å². The van der Waals surface area contributed by atoms with Crippen LogP contribution in [0, 0.1) is 11.7 Å². The van der Waals surface area contributed by atoms with E-state index in [1.807, 2.05) is 25.1 Å². The lowest BCUT2D eigenvalue weighted by Gasteiger charge is -2.38. The number of aliphatic hydroxyl groups is 1. The Kier molecular flexibility index (Phi) is 7.59. The number of benzene rings is 2. The van der Waals surface area contributed by atoms with Crippen molar-refractivity contribution in [1.82, 2.24) is 14.9 Å². The van der Waals surface area contributed by atoms with E-state index in [-0.39, 0.29) is 18.2 Å². The monoisotopic (exact) mass is 528 g/mol. The van der Waals surface area contributed by atoms with Crippen molar-refractivity contribution in [1.29, 1.82) is 0 Å². The number of hydrogen-bond donors (Lipinski definition) is 2. The lowest BCUT2D eigenvalue weighted by Crippen LogP contribution is -2.41. The Balaban J connectivity index is 1.37. The average molecular weight is 529 g/mol. The van der Waals surface area contributed by atoms with E-state index >= 15 is 4.39 Å². The van der Waals surface area contributed by atoms with E-state index in [0.29, 0.717) is 33.7 Å². The van der Waals surface area contributed by atoms with Crippen molar-refractivity contribution in [2.45, 2.75) is 32.3 Å². The van der Waals surface area contributed by atoms with Crippen molar-refractivity contribution in [2.24, 2.45) is 5.92 Å². The fourth-order valence-electron chi connectivity index (χ4n) is 5.12. The zero-order valence-corrected chi connectivity index (χ0v) is 22.4. The summed E-state index contributed by atoms with van der Waals surface area (Å²) < 4.78 is 20.2. The lowest BCUT2D eigenvalue weighted by molar-refractivity contribution is -0.0334. The fourth-order valence-corrected chi connectivity index (χ4v) is 5.12. The maximum absolute atomic E-state index is 15.1. The molecule has 1 fully saturated rings. The molecule has 1 atom stereocenters. The number of carbonyl (C=O) groups is 1. The number of likely N-dealkylation sites (tertiary alicyclic amines) is 1. The normalized spacial score (nSPS) is 16.1. The van der Waals surface area contributed by atoms with Crippen LogP contribution in [0.3, 0.4) is 0 Å². The second kappa shape index (κ2) is 11.1. The Labute approximate surface area is 227 Å². The second-order valence-electron chi connectivity index (χ2n) is 10.3. The van der Waals surface area contributed by atoms with E-state index < -0.39 is 17.4 Å². The first-order valence-electron chi connectivity index (χ1n) is 13.3. The molecule has 4 aromatic rings. The van der Waals surface area contributed by atoms with Crippen LogP contribution in [0.1, 0.15) is 42.7 Å². The van der Waals surface area contributed by atoms with Crippen LogP contribution in [-0.2, 0) is 10.3 Å². The van der Waals surface area contributed by atoms with Gasteiger partial charge < -0.3 is 20.1 Å². The summed E-state index contributed by atoms with van der Waals surface area (Å²) in [6.07, 6.45) is 3.51. The first kappa shape index (κ1) is 26.7. The van der Waals surface area contributed by atoms with Gasteiger partial charge in [0.1, 0.15) is 17.2 Å². The predicted octanol–water partition coefficient (Wildman–Crippen LogP) is 5.91. The van der Waals surface area contributed by atoms with Crippen LogP contribution >= 0.6 is 0 Å². The summed E-state index contributed by atoms with van der Waals surface area (Å²) in [5.41, 5.74) is 2.29. The smallest absolute Gasteiger partial charge is 0.338 e. The van der Waals surface area contributed by atoms with Crippen LogP contribution in [0.15, 0.2) is 66.9 Å². The molecule has 7 nitrogen and oxygen atoms in total. The average Bonchev–Trinajstić information content (AvgIpc) is 2.94. The van der Waals surface area contributed by atoms with Gasteiger partial charge in [-0.15, -0.1) is 0 Å². The van der Waals surface area contributed by atoms with Crippen LogP contribution < -0.4 is 5.32 Å². The van der Waals surface area contributed by atoms with E-state index in [2.05, 4.69) is 22.2 Å². The third kappa shape index (κ3) is 5.77. The molecule has 1 saturated heterocycles. The van der Waals surface area contributed by atoms with E-state index in [4.69, 9.17) is 9.72 Å². The molecule has 0 spiro atoms. The van der Waals surface area contributed by atoms with E-state index in [9.17, 15) is 9.90 Å². The molecule has 0 radical (unpaired) electrons. The number of pyridine rings is 2. The van der Waals surface area contributed by atoms with Gasteiger partial charge in [-0.3, -0.25) is 0 Å². The minimum Gasteiger partial charge on any atom is -0.462 e. The zero-order chi connectivity index (χ0) is 27.6. The number of hydrogen-bond acceptors (Lipinski definition) is 7. The summed E-state index contributed by atoms with van der Waals surface area (Å²) in [7, 11) is 2.10. The molecule has 8 heteroatoms. The molecular formula is C31H33FN4O3. The molecule has 1 aliphatic heterocycles. The predicted molar refractivity (Wildman–Crippen MR) is 150 cm³/mol. The standard InChI is InChI=1S/C31H33FN4O3/c1-4-39-30(37)22-7-5-6-20(16-22)21-8-10-26(25(32)17-21)35-29-18-27-23(19-33-29)9-11-28(34-27)31(2,38)24-12-14-36(3)15-13-24/h5-11,16-19,24,38H,4,12-15H2,1-3H3,(H,33,35). The number of rotatable bonds is 7. The molecule has 0 saturated carbocycles. The van der Waals surface area contributed by atoms with Crippen molar-refractivity contribution in [2.75, 3.05) is 32.1 Å². The van der Waals surface area contributed by atoms with Crippen LogP contribution in [0.25, 0.3) is 22.0 Å². The molecule has 2 N–H and O–H groups in total. The van der Waals surface area contributed by atoms with Crippen LogP contribution in [-0.4, -0.2) is 52.7 Å². The largest absolute Gasteiger partial charge is 0.462 e. The summed E-state index contributed by atoms with van der Waals surface area (Å²) in [5.74, 6) is -0.293. The second-order valence-corrected chi connectivity index (χ2v) is 10.3. The molecule has 202 valence electrons. The van der Waals surface area contributed by atoms with Crippen molar-refractivity contribution in [3.63, 3.8) is 0 Å². The Morgan fingerprint density at radius 3 is 2.64 bits per heavy atom. The fraction of sp³-hybridized carbons (Fsp3) is 0.323. The Bertz CT molecular complexity index is 1500. The van der Waals surface area contributed by atoms with Gasteiger partial charge in [0.25, 0.3) is 0 Å². The van der Waals surface area contributed by atoms with Gasteiger partial charge in [0.15, 0.2) is 0 Å². The van der Waals surface area contributed by atoms with Gasteiger partial charge >= 0.3 is 5.97 Å². The number of carbonyl (C=O) groups excluding carboxylic acids is 1. The van der Waals surface area contributed by atoms with Crippen molar-refractivity contribution < 1.29 is 19.0 Å². The molecular weight excluding hydrogens is 495 g/mol. The van der Waals surface area contributed by atoms with Crippen LogP contribution in [0.2, 0.25) is 0 Å². The summed E-state index contributed by atoms with van der Waals surface area (Å²) in [6, 6.07) is 17.3. The first-order chi connectivity index (χ1) is 18.7. The van der Waals surface area contributed by atoms with Gasteiger partial charge in [-0.1, -0.05) is 18.2 Å². The van der Waals surface area contributed by atoms with Crippen molar-refractivity contribution >= 4 is 28.4 Å². The number of halogens is 1. The van der Waals surface area contributed by atoms with E-state index in [1.54, 1.807) is 49.5 Å². The number of aromatic nitrogens is 2. The number of anilines is 2. The zero-order valence-electron chi connectivity index (χ0n) is 22.4. The lowest BCUT2D eigenvalue weighted by atomic mass is 9.79. The maximum Gasteiger partial charge on any atom is 0.338 e. The number of ether oxygens (including phenoxy) is 1. The van der Waals surface area contributed by atoms with Gasteiger partial charge in [0.2, 0.25) is 0 Å². The quantitative estimate of drug-likeness (QED) is 0.289. The number of nitrogens with one attached hydrogen (secondary N) is 1. The number of fused-ring (bicyclic) bond motifs is 1. The molecule has 1 aliphatic rings. The molecule has 39 heavy (non-hydrogen) atoms. The molecule has 0 amide bonds. The highest BCUT2D eigenvalue weighted by molar-refractivity contribution is 5.91. The summed E-state index contributed by atoms with van der Waals surface area (Å²) in [6.45, 7) is 5.79. The minimum absolute atomic E-state index is 0.128. The molecule has 0 bridgehead atoms. The third-order valence-electron chi connectivity index (χ3n) is 7.54. The molecule has 1 unspecified atom stereocenters. The molecule has 3 heterocycles. The maximum atomic E-state index is 15.1.